The number of nitro groups is 1. The number of methoxy groups -OCH3 is 1. The van der Waals surface area contributed by atoms with E-state index in [1.807, 2.05) is 13.8 Å². The summed E-state index contributed by atoms with van der Waals surface area (Å²) >= 11 is 0. The van der Waals surface area contributed by atoms with Gasteiger partial charge in [-0.15, -0.1) is 0 Å². The zero-order chi connectivity index (χ0) is 13.2. The predicted octanol–water partition coefficient (Wildman–Crippen LogP) is 1.59. The molecule has 6 heteroatoms. The number of aromatic hydroxyl groups is 1. The minimum absolute atomic E-state index is 0.0819. The van der Waals surface area contributed by atoms with E-state index < -0.39 is 16.2 Å². The fourth-order valence-electron chi connectivity index (χ4n) is 1.57. The normalized spacial score (nSPS) is 11.3. The first-order chi connectivity index (χ1) is 7.74. The molecule has 0 bridgehead atoms. The molecule has 0 heterocycles. The lowest BCUT2D eigenvalue weighted by molar-refractivity contribution is -0.386. The standard InChI is InChI=1S/C11H16N2O4/c1-11(2,12)6-7-4-8(13(15)16)10(14)9(5-7)17-3/h4-5,14H,6,12H2,1-3H3. The molecule has 0 unspecified atom stereocenters. The SMILES string of the molecule is COc1cc(CC(C)(C)N)cc([N+](=O)[O-])c1O. The molecule has 0 fully saturated rings. The number of rotatable bonds is 4. The number of nitrogens with zero attached hydrogens (tertiary/aromatic N) is 1. The number of hydrogen-bond donors (Lipinski definition) is 2. The maximum atomic E-state index is 10.8. The Balaban J connectivity index is 3.25. The number of benzene rings is 1. The van der Waals surface area contributed by atoms with Crippen molar-refractivity contribution in [3.63, 3.8) is 0 Å². The Morgan fingerprint density at radius 1 is 1.53 bits per heavy atom. The van der Waals surface area contributed by atoms with Gasteiger partial charge in [-0.3, -0.25) is 10.1 Å². The smallest absolute Gasteiger partial charge is 0.314 e. The lowest BCUT2D eigenvalue weighted by atomic mass is 9.95. The number of phenols is 1. The van der Waals surface area contributed by atoms with Gasteiger partial charge in [-0.1, -0.05) is 0 Å². The van der Waals surface area contributed by atoms with Crippen LogP contribution in [0, 0.1) is 10.1 Å². The second-order valence-electron chi connectivity index (χ2n) is 4.59. The molecule has 1 aromatic carbocycles. The molecule has 1 rings (SSSR count). The monoisotopic (exact) mass is 240 g/mol. The second-order valence-corrected chi connectivity index (χ2v) is 4.59. The molecule has 0 aliphatic carbocycles. The molecule has 0 aliphatic rings. The summed E-state index contributed by atoms with van der Waals surface area (Å²) in [6, 6.07) is 2.86. The third kappa shape index (κ3) is 3.32. The van der Waals surface area contributed by atoms with E-state index in [0.29, 0.717) is 12.0 Å². The maximum absolute atomic E-state index is 10.8. The maximum Gasteiger partial charge on any atom is 0.314 e. The Morgan fingerprint density at radius 3 is 2.53 bits per heavy atom. The predicted molar refractivity (Wildman–Crippen MR) is 63.3 cm³/mol. The van der Waals surface area contributed by atoms with Crippen molar-refractivity contribution in [2.75, 3.05) is 7.11 Å². The van der Waals surface area contributed by atoms with Gasteiger partial charge in [-0.2, -0.15) is 0 Å². The molecule has 3 N–H and O–H groups in total. The van der Waals surface area contributed by atoms with Gasteiger partial charge in [-0.05, 0) is 31.9 Å². The zero-order valence-corrected chi connectivity index (χ0v) is 10.1. The van der Waals surface area contributed by atoms with Gasteiger partial charge in [0.15, 0.2) is 5.75 Å². The second kappa shape index (κ2) is 4.58. The largest absolute Gasteiger partial charge is 0.500 e. The lowest BCUT2D eigenvalue weighted by Crippen LogP contribution is -2.34. The summed E-state index contributed by atoms with van der Waals surface area (Å²) in [6.45, 7) is 3.64. The molecule has 0 aliphatic heterocycles. The van der Waals surface area contributed by atoms with E-state index in [9.17, 15) is 15.2 Å². The molecule has 0 atom stereocenters. The van der Waals surface area contributed by atoms with Crippen molar-refractivity contribution in [2.45, 2.75) is 25.8 Å². The highest BCUT2D eigenvalue weighted by atomic mass is 16.6. The number of hydrogen-bond acceptors (Lipinski definition) is 5. The Hall–Kier alpha value is -1.82. The van der Waals surface area contributed by atoms with E-state index in [1.165, 1.54) is 13.2 Å². The molecule has 1 aromatic rings. The lowest BCUT2D eigenvalue weighted by Gasteiger charge is -2.18. The molecular weight excluding hydrogens is 224 g/mol. The van der Waals surface area contributed by atoms with Gasteiger partial charge in [0.2, 0.25) is 5.75 Å². The Labute approximate surface area is 99.2 Å². The molecule has 0 amide bonds. The van der Waals surface area contributed by atoms with Crippen molar-refractivity contribution in [1.82, 2.24) is 0 Å². The van der Waals surface area contributed by atoms with Crippen molar-refractivity contribution in [3.05, 3.63) is 27.8 Å². The van der Waals surface area contributed by atoms with E-state index in [-0.39, 0.29) is 11.4 Å². The van der Waals surface area contributed by atoms with Crippen molar-refractivity contribution in [1.29, 1.82) is 0 Å². The van der Waals surface area contributed by atoms with Crippen LogP contribution in [0.25, 0.3) is 0 Å². The first-order valence-electron chi connectivity index (χ1n) is 5.08. The fraction of sp³-hybridized carbons (Fsp3) is 0.455. The van der Waals surface area contributed by atoms with Crippen LogP contribution in [0.15, 0.2) is 12.1 Å². The minimum atomic E-state index is -0.648. The minimum Gasteiger partial charge on any atom is -0.500 e. The molecule has 0 saturated heterocycles. The zero-order valence-electron chi connectivity index (χ0n) is 10.1. The molecule has 0 saturated carbocycles. The van der Waals surface area contributed by atoms with Gasteiger partial charge >= 0.3 is 5.69 Å². The average Bonchev–Trinajstić information content (AvgIpc) is 2.17. The molecule has 0 radical (unpaired) electrons. The fourth-order valence-corrected chi connectivity index (χ4v) is 1.57. The van der Waals surface area contributed by atoms with Crippen molar-refractivity contribution < 1.29 is 14.8 Å². The summed E-state index contributed by atoms with van der Waals surface area (Å²) in [4.78, 5) is 10.1. The third-order valence-corrected chi connectivity index (χ3v) is 2.19. The Morgan fingerprint density at radius 2 is 2.12 bits per heavy atom. The molecule has 0 spiro atoms. The summed E-state index contributed by atoms with van der Waals surface area (Å²) in [7, 11) is 1.34. The summed E-state index contributed by atoms with van der Waals surface area (Å²) in [6.07, 6.45) is 0.449. The number of ether oxygens (including phenoxy) is 1. The Bertz CT molecular complexity index is 438. The number of nitrogens with two attached hydrogens (primary N) is 1. The van der Waals surface area contributed by atoms with E-state index in [4.69, 9.17) is 10.5 Å². The highest BCUT2D eigenvalue weighted by molar-refractivity contribution is 5.57. The van der Waals surface area contributed by atoms with E-state index in [2.05, 4.69) is 0 Å². The summed E-state index contributed by atoms with van der Waals surface area (Å²) in [5.74, 6) is -0.380. The van der Waals surface area contributed by atoms with Crippen LogP contribution >= 0.6 is 0 Å². The molecular formula is C11H16N2O4. The van der Waals surface area contributed by atoms with Crippen LogP contribution in [-0.2, 0) is 6.42 Å². The van der Waals surface area contributed by atoms with Gasteiger partial charge in [-0.25, -0.2) is 0 Å². The highest BCUT2D eigenvalue weighted by Crippen LogP contribution is 2.37. The third-order valence-electron chi connectivity index (χ3n) is 2.19. The van der Waals surface area contributed by atoms with E-state index >= 15 is 0 Å². The molecule has 17 heavy (non-hydrogen) atoms. The van der Waals surface area contributed by atoms with Crippen LogP contribution in [0.4, 0.5) is 5.69 Å². The number of phenolic OH excluding ortho intramolecular Hbond substituents is 1. The van der Waals surface area contributed by atoms with Crippen LogP contribution in [0.5, 0.6) is 11.5 Å². The van der Waals surface area contributed by atoms with Crippen molar-refractivity contribution in [3.8, 4) is 11.5 Å². The quantitative estimate of drug-likeness (QED) is 0.615. The molecule has 6 nitrogen and oxygen atoms in total. The van der Waals surface area contributed by atoms with Crippen LogP contribution < -0.4 is 10.5 Å². The summed E-state index contributed by atoms with van der Waals surface area (Å²) in [5, 5.41) is 20.4. The number of nitro benzene ring substituents is 1. The van der Waals surface area contributed by atoms with Gasteiger partial charge in [0.05, 0.1) is 12.0 Å². The van der Waals surface area contributed by atoms with Gasteiger partial charge in [0.25, 0.3) is 0 Å². The van der Waals surface area contributed by atoms with Gasteiger partial charge < -0.3 is 15.6 Å². The average molecular weight is 240 g/mol. The van der Waals surface area contributed by atoms with Crippen LogP contribution in [-0.4, -0.2) is 22.7 Å². The van der Waals surface area contributed by atoms with Crippen LogP contribution in [0.3, 0.4) is 0 Å². The molecule has 0 aromatic heterocycles. The van der Waals surface area contributed by atoms with Crippen molar-refractivity contribution >= 4 is 5.69 Å². The summed E-state index contributed by atoms with van der Waals surface area (Å²) in [5.41, 5.74) is 5.64. The van der Waals surface area contributed by atoms with Gasteiger partial charge in [0, 0.05) is 11.6 Å². The highest BCUT2D eigenvalue weighted by Gasteiger charge is 2.22. The van der Waals surface area contributed by atoms with Crippen LogP contribution in [0.1, 0.15) is 19.4 Å². The van der Waals surface area contributed by atoms with Gasteiger partial charge in [0.1, 0.15) is 0 Å². The topological polar surface area (TPSA) is 98.6 Å². The first kappa shape index (κ1) is 13.2. The van der Waals surface area contributed by atoms with Crippen LogP contribution in [0.2, 0.25) is 0 Å². The molecule has 94 valence electrons. The van der Waals surface area contributed by atoms with E-state index in [1.54, 1.807) is 6.07 Å². The van der Waals surface area contributed by atoms with E-state index in [0.717, 1.165) is 0 Å². The van der Waals surface area contributed by atoms with Crippen molar-refractivity contribution in [2.24, 2.45) is 5.73 Å². The first-order valence-corrected chi connectivity index (χ1v) is 5.08. The summed E-state index contributed by atoms with van der Waals surface area (Å²) < 4.78 is 4.90. The Kier molecular flexibility index (Phi) is 3.57.